The zero-order valence-corrected chi connectivity index (χ0v) is 18.9. The van der Waals surface area contributed by atoms with Gasteiger partial charge in [0.15, 0.2) is 0 Å². The summed E-state index contributed by atoms with van der Waals surface area (Å²) in [5.41, 5.74) is 3.96. The summed E-state index contributed by atoms with van der Waals surface area (Å²) >= 11 is 0. The second-order valence-corrected chi connectivity index (χ2v) is 8.36. The van der Waals surface area contributed by atoms with E-state index in [1.54, 1.807) is 7.11 Å². The summed E-state index contributed by atoms with van der Waals surface area (Å²) < 4.78 is 10.8. The number of anilines is 1. The van der Waals surface area contributed by atoms with Crippen LogP contribution in [-0.4, -0.2) is 60.7 Å². The predicted molar refractivity (Wildman–Crippen MR) is 126 cm³/mol. The van der Waals surface area contributed by atoms with Crippen molar-refractivity contribution in [3.8, 4) is 5.75 Å². The number of carbonyl (C=O) groups is 1. The number of carbonyl (C=O) groups excluding carboxylic acids is 1. The molecule has 0 aliphatic carbocycles. The molecule has 1 aromatic heterocycles. The van der Waals surface area contributed by atoms with Crippen LogP contribution in [0, 0.1) is 0 Å². The Bertz CT molecular complexity index is 1110. The summed E-state index contributed by atoms with van der Waals surface area (Å²) in [5, 5.41) is 0. The SMILES string of the molecule is COc1ccc(Cc2nc3c(c(N4CCOCC4)n2)CN(C(=O)c2ccccc2)CC3)cc1. The van der Waals surface area contributed by atoms with Crippen molar-refractivity contribution in [2.75, 3.05) is 44.9 Å². The minimum Gasteiger partial charge on any atom is -0.497 e. The summed E-state index contributed by atoms with van der Waals surface area (Å²) in [4.78, 5) is 27.2. The van der Waals surface area contributed by atoms with Gasteiger partial charge in [0.05, 0.1) is 32.6 Å². The van der Waals surface area contributed by atoms with E-state index in [4.69, 9.17) is 19.4 Å². The van der Waals surface area contributed by atoms with Crippen LogP contribution in [0.5, 0.6) is 5.75 Å². The fourth-order valence-corrected chi connectivity index (χ4v) is 4.42. The third-order valence-corrected chi connectivity index (χ3v) is 6.22. The maximum absolute atomic E-state index is 13.1. The standard InChI is InChI=1S/C26H28N4O3/c1-32-21-9-7-19(8-10-21)17-24-27-23-11-12-30(26(31)20-5-3-2-4-6-20)18-22(23)25(28-24)29-13-15-33-16-14-29/h2-10H,11-18H2,1H3. The van der Waals surface area contributed by atoms with Crippen molar-refractivity contribution in [3.05, 3.63) is 82.8 Å². The molecule has 3 heterocycles. The van der Waals surface area contributed by atoms with Crippen molar-refractivity contribution in [2.45, 2.75) is 19.4 Å². The molecule has 170 valence electrons. The van der Waals surface area contributed by atoms with Crippen molar-refractivity contribution in [1.82, 2.24) is 14.9 Å². The molecule has 33 heavy (non-hydrogen) atoms. The summed E-state index contributed by atoms with van der Waals surface area (Å²) in [6, 6.07) is 17.5. The van der Waals surface area contributed by atoms with Crippen LogP contribution in [0.2, 0.25) is 0 Å². The van der Waals surface area contributed by atoms with E-state index in [0.717, 1.165) is 53.7 Å². The van der Waals surface area contributed by atoms with Gasteiger partial charge in [-0.05, 0) is 29.8 Å². The number of nitrogens with zero attached hydrogens (tertiary/aromatic N) is 4. The molecule has 3 aromatic rings. The molecule has 1 amide bonds. The minimum absolute atomic E-state index is 0.0523. The second kappa shape index (κ2) is 9.58. The zero-order chi connectivity index (χ0) is 22.6. The monoisotopic (exact) mass is 444 g/mol. The lowest BCUT2D eigenvalue weighted by Crippen LogP contribution is -2.41. The third-order valence-electron chi connectivity index (χ3n) is 6.22. The van der Waals surface area contributed by atoms with E-state index in [1.807, 2.05) is 47.4 Å². The van der Waals surface area contributed by atoms with Crippen LogP contribution >= 0.6 is 0 Å². The Morgan fingerprint density at radius 1 is 1.00 bits per heavy atom. The molecule has 0 bridgehead atoms. The van der Waals surface area contributed by atoms with Gasteiger partial charge in [-0.3, -0.25) is 4.79 Å². The molecular weight excluding hydrogens is 416 g/mol. The van der Waals surface area contributed by atoms with Crippen LogP contribution < -0.4 is 9.64 Å². The topological polar surface area (TPSA) is 67.8 Å². The molecule has 2 aliphatic rings. The maximum Gasteiger partial charge on any atom is 0.254 e. The van der Waals surface area contributed by atoms with E-state index in [1.165, 1.54) is 0 Å². The molecule has 2 aliphatic heterocycles. The number of aromatic nitrogens is 2. The van der Waals surface area contributed by atoms with E-state index in [9.17, 15) is 4.79 Å². The van der Waals surface area contributed by atoms with Crippen LogP contribution in [0.1, 0.15) is 33.0 Å². The van der Waals surface area contributed by atoms with Crippen LogP contribution in [-0.2, 0) is 24.1 Å². The number of hydrogen-bond acceptors (Lipinski definition) is 6. The van der Waals surface area contributed by atoms with Crippen LogP contribution in [0.25, 0.3) is 0 Å². The number of ether oxygens (including phenoxy) is 2. The Morgan fingerprint density at radius 2 is 1.76 bits per heavy atom. The summed E-state index contributed by atoms with van der Waals surface area (Å²) in [5.74, 6) is 2.64. The van der Waals surface area contributed by atoms with Gasteiger partial charge in [-0.15, -0.1) is 0 Å². The normalized spacial score (nSPS) is 15.8. The number of methoxy groups -OCH3 is 1. The fraction of sp³-hybridized carbons (Fsp3) is 0.346. The summed E-state index contributed by atoms with van der Waals surface area (Å²) in [7, 11) is 1.67. The third kappa shape index (κ3) is 4.68. The van der Waals surface area contributed by atoms with Crippen LogP contribution in [0.4, 0.5) is 5.82 Å². The first kappa shape index (κ1) is 21.4. The molecule has 7 nitrogen and oxygen atoms in total. The highest BCUT2D eigenvalue weighted by Gasteiger charge is 2.28. The lowest BCUT2D eigenvalue weighted by atomic mass is 10.0. The quantitative estimate of drug-likeness (QED) is 0.603. The van der Waals surface area contributed by atoms with Gasteiger partial charge in [0, 0.05) is 43.6 Å². The Morgan fingerprint density at radius 3 is 2.48 bits per heavy atom. The molecule has 0 atom stereocenters. The molecular formula is C26H28N4O3. The van der Waals surface area contributed by atoms with Crippen molar-refractivity contribution >= 4 is 11.7 Å². The molecule has 1 fully saturated rings. The molecule has 0 saturated carbocycles. The first-order valence-corrected chi connectivity index (χ1v) is 11.4. The van der Waals surface area contributed by atoms with Crippen molar-refractivity contribution < 1.29 is 14.3 Å². The van der Waals surface area contributed by atoms with Gasteiger partial charge < -0.3 is 19.3 Å². The van der Waals surface area contributed by atoms with Crippen molar-refractivity contribution in [3.63, 3.8) is 0 Å². The highest BCUT2D eigenvalue weighted by Crippen LogP contribution is 2.29. The number of rotatable bonds is 5. The molecule has 1 saturated heterocycles. The Balaban J connectivity index is 1.45. The number of fused-ring (bicyclic) bond motifs is 1. The van der Waals surface area contributed by atoms with Crippen molar-refractivity contribution in [1.29, 1.82) is 0 Å². The van der Waals surface area contributed by atoms with Gasteiger partial charge in [-0.25, -0.2) is 9.97 Å². The molecule has 7 heteroatoms. The highest BCUT2D eigenvalue weighted by molar-refractivity contribution is 5.94. The first-order chi connectivity index (χ1) is 16.2. The van der Waals surface area contributed by atoms with E-state index < -0.39 is 0 Å². The first-order valence-electron chi connectivity index (χ1n) is 11.4. The van der Waals surface area contributed by atoms with Gasteiger partial charge in [-0.1, -0.05) is 30.3 Å². The molecule has 2 aromatic carbocycles. The van der Waals surface area contributed by atoms with Gasteiger partial charge in [-0.2, -0.15) is 0 Å². The Kier molecular flexibility index (Phi) is 6.21. The van der Waals surface area contributed by atoms with Crippen molar-refractivity contribution in [2.24, 2.45) is 0 Å². The Labute approximate surface area is 194 Å². The van der Waals surface area contributed by atoms with E-state index in [2.05, 4.69) is 17.0 Å². The molecule has 0 spiro atoms. The molecule has 5 rings (SSSR count). The average molecular weight is 445 g/mol. The number of morpholine rings is 1. The van der Waals surface area contributed by atoms with Crippen LogP contribution in [0.15, 0.2) is 54.6 Å². The van der Waals surface area contributed by atoms with E-state index in [-0.39, 0.29) is 5.91 Å². The van der Waals surface area contributed by atoms with Gasteiger partial charge in [0.2, 0.25) is 0 Å². The summed E-state index contributed by atoms with van der Waals surface area (Å²) in [6.45, 7) is 4.12. The van der Waals surface area contributed by atoms with E-state index >= 15 is 0 Å². The maximum atomic E-state index is 13.1. The summed E-state index contributed by atoms with van der Waals surface area (Å²) in [6.07, 6.45) is 1.38. The minimum atomic E-state index is 0.0523. The lowest BCUT2D eigenvalue weighted by Gasteiger charge is -2.34. The lowest BCUT2D eigenvalue weighted by molar-refractivity contribution is 0.0733. The van der Waals surface area contributed by atoms with Gasteiger partial charge in [0.1, 0.15) is 17.4 Å². The second-order valence-electron chi connectivity index (χ2n) is 8.36. The molecule has 0 N–H and O–H groups in total. The Hall–Kier alpha value is -3.45. The predicted octanol–water partition coefficient (Wildman–Crippen LogP) is 3.11. The number of hydrogen-bond donors (Lipinski definition) is 0. The van der Waals surface area contributed by atoms with E-state index in [0.29, 0.717) is 38.3 Å². The number of amides is 1. The number of benzene rings is 2. The van der Waals surface area contributed by atoms with Crippen LogP contribution in [0.3, 0.4) is 0 Å². The highest BCUT2D eigenvalue weighted by atomic mass is 16.5. The van der Waals surface area contributed by atoms with Gasteiger partial charge in [0.25, 0.3) is 5.91 Å². The fourth-order valence-electron chi connectivity index (χ4n) is 4.42. The zero-order valence-electron chi connectivity index (χ0n) is 18.9. The van der Waals surface area contributed by atoms with Gasteiger partial charge >= 0.3 is 0 Å². The smallest absolute Gasteiger partial charge is 0.254 e. The average Bonchev–Trinajstić information content (AvgIpc) is 2.89. The largest absolute Gasteiger partial charge is 0.497 e. The molecule has 0 radical (unpaired) electrons. The molecule has 0 unspecified atom stereocenters.